The molecule has 0 saturated carbocycles. The summed E-state index contributed by atoms with van der Waals surface area (Å²) in [5, 5.41) is 10.3. The van der Waals surface area contributed by atoms with Gasteiger partial charge in [-0.3, -0.25) is 9.48 Å². The lowest BCUT2D eigenvalue weighted by molar-refractivity contribution is -0.116. The zero-order chi connectivity index (χ0) is 15.4. The molecule has 0 spiro atoms. The number of amides is 1. The summed E-state index contributed by atoms with van der Waals surface area (Å²) in [5.41, 5.74) is 3.95. The van der Waals surface area contributed by atoms with Gasteiger partial charge in [-0.2, -0.15) is 5.10 Å². The van der Waals surface area contributed by atoms with Crippen LogP contribution in [0.5, 0.6) is 0 Å². The normalized spacial score (nSPS) is 12.0. The molecule has 0 aliphatic carbocycles. The van der Waals surface area contributed by atoms with Crippen LogP contribution >= 0.6 is 0 Å². The van der Waals surface area contributed by atoms with E-state index in [1.807, 2.05) is 50.7 Å². The van der Waals surface area contributed by atoms with Crippen LogP contribution in [0.1, 0.15) is 25.0 Å². The Morgan fingerprint density at radius 1 is 1.38 bits per heavy atom. The lowest BCUT2D eigenvalue weighted by Crippen LogP contribution is -2.32. The number of aryl methyl sites for hydroxylation is 3. The Morgan fingerprint density at radius 3 is 2.76 bits per heavy atom. The van der Waals surface area contributed by atoms with Gasteiger partial charge in [-0.1, -0.05) is 17.7 Å². The summed E-state index contributed by atoms with van der Waals surface area (Å²) in [7, 11) is 0. The number of aromatic nitrogens is 2. The topological polar surface area (TPSA) is 59.0 Å². The van der Waals surface area contributed by atoms with E-state index in [2.05, 4.69) is 21.8 Å². The van der Waals surface area contributed by atoms with E-state index in [4.69, 9.17) is 0 Å². The number of benzene rings is 1. The summed E-state index contributed by atoms with van der Waals surface area (Å²) >= 11 is 0. The molecule has 5 heteroatoms. The Hall–Kier alpha value is -2.30. The SMILES string of the molecule is CCn1cc(N[C@@H](C)C(=O)Nc2ccc(C)cc2C)cn1. The quantitative estimate of drug-likeness (QED) is 0.888. The molecule has 2 rings (SSSR count). The van der Waals surface area contributed by atoms with E-state index < -0.39 is 0 Å². The molecule has 21 heavy (non-hydrogen) atoms. The largest absolute Gasteiger partial charge is 0.371 e. The Morgan fingerprint density at radius 2 is 2.14 bits per heavy atom. The standard InChI is InChI=1S/C16H22N4O/c1-5-20-10-14(9-17-20)18-13(4)16(21)19-15-7-6-11(2)8-12(15)3/h6-10,13,18H,5H2,1-4H3,(H,19,21)/t13-/m0/s1. The van der Waals surface area contributed by atoms with Crippen LogP contribution in [0.4, 0.5) is 11.4 Å². The van der Waals surface area contributed by atoms with E-state index in [1.165, 1.54) is 5.56 Å². The highest BCUT2D eigenvalue weighted by molar-refractivity contribution is 5.96. The van der Waals surface area contributed by atoms with Crippen molar-refractivity contribution in [2.24, 2.45) is 0 Å². The minimum absolute atomic E-state index is 0.0637. The third kappa shape index (κ3) is 3.84. The summed E-state index contributed by atoms with van der Waals surface area (Å²) < 4.78 is 1.82. The molecule has 0 bridgehead atoms. The molecule has 1 amide bonds. The molecule has 1 aromatic heterocycles. The summed E-state index contributed by atoms with van der Waals surface area (Å²) in [4.78, 5) is 12.2. The van der Waals surface area contributed by atoms with Crippen LogP contribution in [0.2, 0.25) is 0 Å². The number of anilines is 2. The maximum absolute atomic E-state index is 12.2. The molecule has 5 nitrogen and oxygen atoms in total. The Bertz CT molecular complexity index is 633. The number of hydrogen-bond donors (Lipinski definition) is 2. The van der Waals surface area contributed by atoms with E-state index in [0.717, 1.165) is 23.5 Å². The number of carbonyl (C=O) groups is 1. The molecule has 0 saturated heterocycles. The summed E-state index contributed by atoms with van der Waals surface area (Å²) in [6, 6.07) is 5.65. The number of hydrogen-bond acceptors (Lipinski definition) is 3. The van der Waals surface area contributed by atoms with Crippen LogP contribution < -0.4 is 10.6 Å². The van der Waals surface area contributed by atoms with Crippen molar-refractivity contribution < 1.29 is 4.79 Å². The molecule has 2 N–H and O–H groups in total. The number of carbonyl (C=O) groups excluding carboxylic acids is 1. The van der Waals surface area contributed by atoms with Crippen molar-refractivity contribution in [2.75, 3.05) is 10.6 Å². The summed E-state index contributed by atoms with van der Waals surface area (Å²) in [6.07, 6.45) is 3.62. The number of rotatable bonds is 5. The van der Waals surface area contributed by atoms with Crippen molar-refractivity contribution in [1.29, 1.82) is 0 Å². The van der Waals surface area contributed by atoms with Crippen LogP contribution in [0, 0.1) is 13.8 Å². The van der Waals surface area contributed by atoms with Gasteiger partial charge in [0, 0.05) is 18.4 Å². The van der Waals surface area contributed by atoms with Gasteiger partial charge in [0.05, 0.1) is 11.9 Å². The molecule has 0 fully saturated rings. The van der Waals surface area contributed by atoms with E-state index in [0.29, 0.717) is 0 Å². The van der Waals surface area contributed by atoms with Crippen molar-refractivity contribution >= 4 is 17.3 Å². The third-order valence-electron chi connectivity index (χ3n) is 3.37. The Kier molecular flexibility index (Phi) is 4.62. The maximum Gasteiger partial charge on any atom is 0.246 e. The molecule has 1 atom stereocenters. The first-order valence-corrected chi connectivity index (χ1v) is 7.16. The third-order valence-corrected chi connectivity index (χ3v) is 3.37. The van der Waals surface area contributed by atoms with E-state index in [9.17, 15) is 4.79 Å². The highest BCUT2D eigenvalue weighted by atomic mass is 16.2. The van der Waals surface area contributed by atoms with E-state index >= 15 is 0 Å². The van der Waals surface area contributed by atoms with Gasteiger partial charge in [0.25, 0.3) is 0 Å². The zero-order valence-electron chi connectivity index (χ0n) is 13.0. The highest BCUT2D eigenvalue weighted by Crippen LogP contribution is 2.16. The average molecular weight is 286 g/mol. The second kappa shape index (κ2) is 6.43. The zero-order valence-corrected chi connectivity index (χ0v) is 13.0. The monoisotopic (exact) mass is 286 g/mol. The lowest BCUT2D eigenvalue weighted by Gasteiger charge is -2.15. The first-order chi connectivity index (χ1) is 9.99. The van der Waals surface area contributed by atoms with Crippen LogP contribution in [0.25, 0.3) is 0 Å². The minimum atomic E-state index is -0.333. The van der Waals surface area contributed by atoms with Gasteiger partial charge in [0.15, 0.2) is 0 Å². The first kappa shape index (κ1) is 15.1. The van der Waals surface area contributed by atoms with Gasteiger partial charge in [0.2, 0.25) is 5.91 Å². The molecule has 1 heterocycles. The molecule has 0 radical (unpaired) electrons. The number of nitrogens with one attached hydrogen (secondary N) is 2. The van der Waals surface area contributed by atoms with Crippen molar-refractivity contribution in [1.82, 2.24) is 9.78 Å². The van der Waals surface area contributed by atoms with Gasteiger partial charge in [0.1, 0.15) is 6.04 Å². The summed E-state index contributed by atoms with van der Waals surface area (Å²) in [5.74, 6) is -0.0637. The van der Waals surface area contributed by atoms with E-state index in [1.54, 1.807) is 6.20 Å². The fraction of sp³-hybridized carbons (Fsp3) is 0.375. The molecule has 2 aromatic rings. The van der Waals surface area contributed by atoms with Gasteiger partial charge >= 0.3 is 0 Å². The molecular weight excluding hydrogens is 264 g/mol. The molecule has 0 aliphatic rings. The first-order valence-electron chi connectivity index (χ1n) is 7.16. The minimum Gasteiger partial charge on any atom is -0.371 e. The Labute approximate surface area is 125 Å². The molecule has 112 valence electrons. The van der Waals surface area contributed by atoms with Crippen LogP contribution in [-0.4, -0.2) is 21.7 Å². The predicted molar refractivity (Wildman–Crippen MR) is 85.5 cm³/mol. The van der Waals surface area contributed by atoms with Crippen LogP contribution in [0.3, 0.4) is 0 Å². The maximum atomic E-state index is 12.2. The fourth-order valence-electron chi connectivity index (χ4n) is 2.12. The molecule has 1 aromatic carbocycles. The predicted octanol–water partition coefficient (Wildman–Crippen LogP) is 2.96. The van der Waals surface area contributed by atoms with Crippen molar-refractivity contribution in [3.8, 4) is 0 Å². The van der Waals surface area contributed by atoms with Crippen molar-refractivity contribution in [2.45, 2.75) is 40.3 Å². The van der Waals surface area contributed by atoms with Gasteiger partial charge in [-0.25, -0.2) is 0 Å². The highest BCUT2D eigenvalue weighted by Gasteiger charge is 2.14. The lowest BCUT2D eigenvalue weighted by atomic mass is 10.1. The van der Waals surface area contributed by atoms with Crippen LogP contribution in [-0.2, 0) is 11.3 Å². The summed E-state index contributed by atoms with van der Waals surface area (Å²) in [6.45, 7) is 8.69. The van der Waals surface area contributed by atoms with Crippen LogP contribution in [0.15, 0.2) is 30.6 Å². The van der Waals surface area contributed by atoms with Crippen molar-refractivity contribution in [3.63, 3.8) is 0 Å². The Balaban J connectivity index is 1.99. The molecular formula is C16H22N4O. The average Bonchev–Trinajstić information content (AvgIpc) is 2.89. The van der Waals surface area contributed by atoms with Gasteiger partial charge in [-0.05, 0) is 39.3 Å². The van der Waals surface area contributed by atoms with Crippen molar-refractivity contribution in [3.05, 3.63) is 41.7 Å². The van der Waals surface area contributed by atoms with Gasteiger partial charge in [-0.15, -0.1) is 0 Å². The smallest absolute Gasteiger partial charge is 0.246 e. The molecule has 0 unspecified atom stereocenters. The number of nitrogens with zero attached hydrogens (tertiary/aromatic N) is 2. The van der Waals surface area contributed by atoms with E-state index in [-0.39, 0.29) is 11.9 Å². The molecule has 0 aliphatic heterocycles. The second-order valence-corrected chi connectivity index (χ2v) is 5.26. The van der Waals surface area contributed by atoms with Gasteiger partial charge < -0.3 is 10.6 Å². The fourth-order valence-corrected chi connectivity index (χ4v) is 2.12. The second-order valence-electron chi connectivity index (χ2n) is 5.26.